The number of carbonyl (C=O) groups is 4. The van der Waals surface area contributed by atoms with Crippen molar-refractivity contribution in [2.75, 3.05) is 13.2 Å². The Morgan fingerprint density at radius 3 is 2.57 bits per heavy atom. The van der Waals surface area contributed by atoms with Crippen molar-refractivity contribution in [2.45, 2.75) is 109 Å². The molecule has 0 radical (unpaired) electrons. The molecule has 13 nitrogen and oxygen atoms in total. The Morgan fingerprint density at radius 1 is 1.16 bits per heavy atom. The van der Waals surface area contributed by atoms with E-state index < -0.39 is 74.1 Å². The quantitative estimate of drug-likeness (QED) is 0.375. The van der Waals surface area contributed by atoms with Gasteiger partial charge in [-0.1, -0.05) is 52.8 Å². The van der Waals surface area contributed by atoms with Gasteiger partial charge in [0.1, 0.15) is 23.7 Å². The van der Waals surface area contributed by atoms with Gasteiger partial charge in [-0.25, -0.2) is 18.2 Å². The maximum absolute atomic E-state index is 14.5. The molecule has 0 spiro atoms. The average Bonchev–Trinajstić information content (AvgIpc) is 3.98. The van der Waals surface area contributed by atoms with Crippen molar-refractivity contribution in [3.63, 3.8) is 0 Å². The predicted octanol–water partition coefficient (Wildman–Crippen LogP) is 3.76. The first-order valence-electron chi connectivity index (χ1n) is 17.7. The number of amides is 4. The van der Waals surface area contributed by atoms with E-state index in [1.54, 1.807) is 27.0 Å². The summed E-state index contributed by atoms with van der Waals surface area (Å²) in [4.78, 5) is 61.3. The number of nitrogens with one attached hydrogen (secondary N) is 3. The number of benzene rings is 1. The highest BCUT2D eigenvalue weighted by Crippen LogP contribution is 2.45. The summed E-state index contributed by atoms with van der Waals surface area (Å²) in [6, 6.07) is 5.84. The maximum atomic E-state index is 14.5. The van der Waals surface area contributed by atoms with E-state index in [1.807, 2.05) is 26.0 Å². The van der Waals surface area contributed by atoms with E-state index in [4.69, 9.17) is 9.47 Å². The summed E-state index contributed by atoms with van der Waals surface area (Å²) in [6.45, 7) is 13.4. The fourth-order valence-electron chi connectivity index (χ4n) is 7.07. The second-order valence-corrected chi connectivity index (χ2v) is 18.3. The molecule has 14 heteroatoms. The second-order valence-electron chi connectivity index (χ2n) is 16.4. The number of aryl methyl sites for hydroxylation is 1. The fourth-order valence-corrected chi connectivity index (χ4v) is 8.43. The highest BCUT2D eigenvalue weighted by atomic mass is 32.2. The molecule has 3 fully saturated rings. The Bertz CT molecular complexity index is 1850. The molecule has 1 saturated heterocycles. The van der Waals surface area contributed by atoms with E-state index in [0.717, 1.165) is 35.6 Å². The van der Waals surface area contributed by atoms with Crippen LogP contribution >= 0.6 is 0 Å². The van der Waals surface area contributed by atoms with E-state index in [0.29, 0.717) is 18.7 Å². The lowest BCUT2D eigenvalue weighted by Gasteiger charge is -2.35. The lowest BCUT2D eigenvalue weighted by molar-refractivity contribution is -0.142. The summed E-state index contributed by atoms with van der Waals surface area (Å²) < 4.78 is 39.7. The summed E-state index contributed by atoms with van der Waals surface area (Å²) in [7, 11) is -3.88. The number of nitrogens with zero attached hydrogens (tertiary/aromatic N) is 2. The van der Waals surface area contributed by atoms with Crippen molar-refractivity contribution < 1.29 is 37.1 Å². The Kier molecular flexibility index (Phi) is 9.62. The molecule has 2 aromatic rings. The summed E-state index contributed by atoms with van der Waals surface area (Å²) >= 11 is 0. The van der Waals surface area contributed by atoms with Crippen molar-refractivity contribution in [1.29, 1.82) is 0 Å². The molecule has 2 saturated carbocycles. The third-order valence-corrected chi connectivity index (χ3v) is 12.3. The van der Waals surface area contributed by atoms with E-state index in [-0.39, 0.29) is 31.4 Å². The SMILES string of the molecule is C=C[C@@H]1CC1(NC(=O)[C@@H]1C[C@@H]2CN1C(=O)[C@H](C(C)(C)C)NC(=O)OCC(C)(C)CCCc1ccc3ccnc(c3c1)O2)C(=O)NS(=O)(=O)C1CC1. The lowest BCUT2D eigenvalue weighted by atomic mass is 9.85. The summed E-state index contributed by atoms with van der Waals surface area (Å²) in [6.07, 6.45) is 5.34. The van der Waals surface area contributed by atoms with Crippen LogP contribution in [0.15, 0.2) is 43.1 Å². The van der Waals surface area contributed by atoms with Gasteiger partial charge in [0.05, 0.1) is 18.4 Å². The van der Waals surface area contributed by atoms with E-state index in [1.165, 1.54) is 11.0 Å². The third kappa shape index (κ3) is 7.85. The number of cyclic esters (lactones) is 1. The number of aromatic nitrogens is 1. The van der Waals surface area contributed by atoms with Crippen molar-refractivity contribution >= 4 is 44.6 Å². The minimum absolute atomic E-state index is 0.00877. The number of hydrogen-bond donors (Lipinski definition) is 3. The van der Waals surface area contributed by atoms with Crippen LogP contribution in [0.25, 0.3) is 10.8 Å². The monoisotopic (exact) mass is 723 g/mol. The van der Waals surface area contributed by atoms with Crippen LogP contribution in [0, 0.1) is 16.7 Å². The largest absolute Gasteiger partial charge is 0.472 e. The van der Waals surface area contributed by atoms with Gasteiger partial charge in [0.15, 0.2) is 0 Å². The molecule has 2 aliphatic heterocycles. The van der Waals surface area contributed by atoms with Crippen molar-refractivity contribution in [2.24, 2.45) is 16.7 Å². The van der Waals surface area contributed by atoms with Crippen molar-refractivity contribution in [1.82, 2.24) is 25.2 Å². The average molecular weight is 724 g/mol. The minimum Gasteiger partial charge on any atom is -0.472 e. The Balaban J connectivity index is 1.34. The van der Waals surface area contributed by atoms with Crippen LogP contribution in [-0.2, 0) is 35.6 Å². The smallest absolute Gasteiger partial charge is 0.407 e. The molecule has 4 aliphatic rings. The standard InChI is InChI=1S/C37H49N5O8S/c1-7-24-19-37(24,33(45)41-51(47,48)26-12-13-26)40-30(43)28-18-25-20-42(28)32(44)29(35(2,3)4)39-34(46)49-21-36(5,6)15-8-9-22-10-11-23-14-16-38-31(50-25)27(23)17-22/h7,10-11,14,16-17,24-26,28-29H,1,8-9,12-13,15,18-21H2,2-6H3,(H,39,46)(H,40,43)(H,41,45)/t24-,25-,28+,29-,37?/m1/s1. The molecule has 3 heterocycles. The van der Waals surface area contributed by atoms with Gasteiger partial charge in [-0.15, -0.1) is 6.58 Å². The molecule has 6 rings (SSSR count). The van der Waals surface area contributed by atoms with E-state index in [2.05, 4.69) is 39.1 Å². The van der Waals surface area contributed by atoms with E-state index in [9.17, 15) is 27.6 Å². The Morgan fingerprint density at radius 2 is 1.90 bits per heavy atom. The molecule has 3 N–H and O–H groups in total. The van der Waals surface area contributed by atoms with Crippen LogP contribution in [0.2, 0.25) is 0 Å². The summed E-state index contributed by atoms with van der Waals surface area (Å²) in [5.74, 6) is -2.13. The first-order valence-corrected chi connectivity index (χ1v) is 19.3. The van der Waals surface area contributed by atoms with Gasteiger partial charge < -0.3 is 25.0 Å². The van der Waals surface area contributed by atoms with Crippen LogP contribution in [0.4, 0.5) is 4.79 Å². The van der Waals surface area contributed by atoms with Gasteiger partial charge in [-0.2, -0.15) is 0 Å². The number of carbonyl (C=O) groups excluding carboxylic acids is 4. The second kappa shape index (κ2) is 13.4. The van der Waals surface area contributed by atoms with Crippen LogP contribution < -0.4 is 20.1 Å². The summed E-state index contributed by atoms with van der Waals surface area (Å²) in [5.41, 5.74) is -1.55. The van der Waals surface area contributed by atoms with Crippen molar-refractivity contribution in [3.05, 3.63) is 48.7 Å². The van der Waals surface area contributed by atoms with Crippen molar-refractivity contribution in [3.8, 4) is 5.88 Å². The molecule has 2 aliphatic carbocycles. The zero-order valence-corrected chi connectivity index (χ0v) is 30.8. The highest BCUT2D eigenvalue weighted by Gasteiger charge is 2.62. The molecule has 51 heavy (non-hydrogen) atoms. The predicted molar refractivity (Wildman–Crippen MR) is 190 cm³/mol. The molecule has 1 aromatic carbocycles. The molecule has 4 amide bonds. The molecular formula is C37H49N5O8S. The number of pyridine rings is 1. The number of fused-ring (bicyclic) bond motifs is 3. The van der Waals surface area contributed by atoms with Gasteiger partial charge in [0.25, 0.3) is 5.91 Å². The topological polar surface area (TPSA) is 173 Å². The zero-order valence-electron chi connectivity index (χ0n) is 30.0. The van der Waals surface area contributed by atoms with Gasteiger partial charge >= 0.3 is 6.09 Å². The number of ether oxygens (including phenoxy) is 2. The fraction of sp³-hybridized carbons (Fsp3) is 0.595. The first-order chi connectivity index (χ1) is 23.9. The third-order valence-electron chi connectivity index (χ3n) is 10.5. The van der Waals surface area contributed by atoms with E-state index >= 15 is 0 Å². The van der Waals surface area contributed by atoms with Crippen LogP contribution in [0.5, 0.6) is 5.88 Å². The van der Waals surface area contributed by atoms with Gasteiger partial charge in [-0.3, -0.25) is 19.1 Å². The van der Waals surface area contributed by atoms with Gasteiger partial charge in [0, 0.05) is 23.9 Å². The normalized spacial score (nSPS) is 28.5. The number of hydrogen-bond acceptors (Lipinski definition) is 9. The molecular weight excluding hydrogens is 675 g/mol. The zero-order chi connectivity index (χ0) is 36.9. The Hall–Kier alpha value is -4.20. The minimum atomic E-state index is -3.88. The van der Waals surface area contributed by atoms with Gasteiger partial charge in [0.2, 0.25) is 27.7 Å². The maximum Gasteiger partial charge on any atom is 0.407 e. The van der Waals surface area contributed by atoms with Crippen LogP contribution in [-0.4, -0.2) is 84.2 Å². The van der Waals surface area contributed by atoms with Crippen LogP contribution in [0.1, 0.15) is 78.7 Å². The number of rotatable bonds is 6. The lowest BCUT2D eigenvalue weighted by Crippen LogP contribution is -2.60. The summed E-state index contributed by atoms with van der Waals surface area (Å²) in [5, 5.41) is 6.68. The highest BCUT2D eigenvalue weighted by molar-refractivity contribution is 7.91. The molecule has 276 valence electrons. The molecule has 4 bridgehead atoms. The van der Waals surface area contributed by atoms with Gasteiger partial charge in [-0.05, 0) is 72.4 Å². The Labute approximate surface area is 299 Å². The number of sulfonamides is 1. The first kappa shape index (κ1) is 36.6. The van der Waals surface area contributed by atoms with Crippen LogP contribution in [0.3, 0.4) is 0 Å². The molecule has 5 atom stereocenters. The molecule has 1 unspecified atom stereocenters. The molecule has 1 aromatic heterocycles. The number of alkyl carbamates (subject to hydrolysis) is 1.